The molecule has 2 unspecified atom stereocenters. The van der Waals surface area contributed by atoms with Crippen molar-refractivity contribution in [2.45, 2.75) is 24.0 Å². The van der Waals surface area contributed by atoms with Gasteiger partial charge < -0.3 is 0 Å². The number of hydrogen-bond donors (Lipinski definition) is 0. The summed E-state index contributed by atoms with van der Waals surface area (Å²) in [6.45, 7) is 0. The molecule has 114 valence electrons. The zero-order valence-corrected chi connectivity index (χ0v) is 13.5. The minimum atomic E-state index is -3.07. The molecule has 3 heteroatoms. The highest BCUT2D eigenvalue weighted by Crippen LogP contribution is 2.42. The Morgan fingerprint density at radius 2 is 1.50 bits per heavy atom. The third-order valence-corrected chi connectivity index (χ3v) is 5.94. The van der Waals surface area contributed by atoms with Crippen molar-refractivity contribution in [2.24, 2.45) is 0 Å². The molecule has 0 bridgehead atoms. The monoisotopic (exact) mass is 312 g/mol. The van der Waals surface area contributed by atoms with Gasteiger partial charge in [-0.1, -0.05) is 72.3 Å². The molecule has 22 heavy (non-hydrogen) atoms. The molecule has 0 N–H and O–H groups in total. The fourth-order valence-electron chi connectivity index (χ4n) is 3.28. The average Bonchev–Trinajstić information content (AvgIpc) is 2.93. The molecular weight excluding hydrogens is 292 g/mol. The topological polar surface area (TPSA) is 34.1 Å². The summed E-state index contributed by atoms with van der Waals surface area (Å²) >= 11 is 0. The summed E-state index contributed by atoms with van der Waals surface area (Å²) in [4.78, 5) is 0. The summed E-state index contributed by atoms with van der Waals surface area (Å²) in [7, 11) is -3.07. The van der Waals surface area contributed by atoms with E-state index < -0.39 is 9.84 Å². The Hall–Kier alpha value is -1.87. The highest BCUT2D eigenvalue weighted by molar-refractivity contribution is 7.91. The van der Waals surface area contributed by atoms with Crippen LogP contribution in [0.2, 0.25) is 0 Å². The molecule has 0 spiro atoms. The molecule has 2 aromatic rings. The van der Waals surface area contributed by atoms with Crippen LogP contribution in [-0.4, -0.2) is 19.9 Å². The lowest BCUT2D eigenvalue weighted by molar-refractivity contribution is 0.575. The van der Waals surface area contributed by atoms with Crippen LogP contribution in [0.5, 0.6) is 0 Å². The van der Waals surface area contributed by atoms with Gasteiger partial charge in [-0.15, -0.1) is 0 Å². The molecule has 1 saturated carbocycles. The molecule has 0 radical (unpaired) electrons. The minimum absolute atomic E-state index is 0.0613. The summed E-state index contributed by atoms with van der Waals surface area (Å²) in [5.74, 6) is 0.0613. The Morgan fingerprint density at radius 1 is 0.909 bits per heavy atom. The van der Waals surface area contributed by atoms with E-state index in [0.717, 1.165) is 17.5 Å². The highest BCUT2D eigenvalue weighted by Gasteiger charge is 2.38. The smallest absolute Gasteiger partial charge is 0.151 e. The first-order valence-corrected chi connectivity index (χ1v) is 9.48. The molecule has 0 saturated heterocycles. The van der Waals surface area contributed by atoms with Crippen molar-refractivity contribution in [3.8, 4) is 0 Å². The second kappa shape index (κ2) is 6.09. The van der Waals surface area contributed by atoms with Gasteiger partial charge in [-0.2, -0.15) is 0 Å². The van der Waals surface area contributed by atoms with Gasteiger partial charge in [0.05, 0.1) is 5.25 Å². The standard InChI is InChI=1S/C19H20O2S/c1-22(20,21)19-14-16(12-15-8-4-2-5-9-15)13-18(19)17-10-6-3-7-11-17/h2-12,18-19H,13-14H2,1H3/b16-12+. The first kappa shape index (κ1) is 15.0. The maximum atomic E-state index is 12.2. The van der Waals surface area contributed by atoms with Crippen molar-refractivity contribution in [3.05, 3.63) is 77.4 Å². The molecule has 0 aliphatic heterocycles. The summed E-state index contributed by atoms with van der Waals surface area (Å²) < 4.78 is 24.4. The van der Waals surface area contributed by atoms with Gasteiger partial charge in [-0.05, 0) is 24.0 Å². The average molecular weight is 312 g/mol. The second-order valence-corrected chi connectivity index (χ2v) is 8.27. The zero-order valence-electron chi connectivity index (χ0n) is 12.6. The van der Waals surface area contributed by atoms with Crippen LogP contribution in [0.25, 0.3) is 6.08 Å². The van der Waals surface area contributed by atoms with E-state index >= 15 is 0 Å². The molecular formula is C19H20O2S. The van der Waals surface area contributed by atoms with E-state index in [1.165, 1.54) is 11.8 Å². The Kier molecular flexibility index (Phi) is 4.16. The lowest BCUT2D eigenvalue weighted by Crippen LogP contribution is -2.22. The second-order valence-electron chi connectivity index (χ2n) is 6.01. The molecule has 2 nitrogen and oxygen atoms in total. The third-order valence-electron chi connectivity index (χ3n) is 4.34. The van der Waals surface area contributed by atoms with Crippen molar-refractivity contribution < 1.29 is 8.42 Å². The molecule has 1 fully saturated rings. The summed E-state index contributed by atoms with van der Waals surface area (Å²) in [5.41, 5.74) is 3.48. The van der Waals surface area contributed by atoms with Gasteiger partial charge in [-0.3, -0.25) is 0 Å². The maximum Gasteiger partial charge on any atom is 0.151 e. The van der Waals surface area contributed by atoms with E-state index in [4.69, 9.17) is 0 Å². The van der Waals surface area contributed by atoms with Crippen LogP contribution in [0.3, 0.4) is 0 Å². The van der Waals surface area contributed by atoms with Crippen LogP contribution in [0, 0.1) is 0 Å². The van der Waals surface area contributed by atoms with Gasteiger partial charge in [0, 0.05) is 12.2 Å². The van der Waals surface area contributed by atoms with E-state index in [2.05, 4.69) is 18.2 Å². The van der Waals surface area contributed by atoms with E-state index in [9.17, 15) is 8.42 Å². The predicted octanol–water partition coefficient (Wildman–Crippen LogP) is 4.06. The van der Waals surface area contributed by atoms with Crippen LogP contribution in [0.4, 0.5) is 0 Å². The molecule has 0 aromatic heterocycles. The number of hydrogen-bond acceptors (Lipinski definition) is 2. The van der Waals surface area contributed by atoms with Crippen molar-refractivity contribution >= 4 is 15.9 Å². The largest absolute Gasteiger partial charge is 0.229 e. The van der Waals surface area contributed by atoms with Crippen molar-refractivity contribution in [1.29, 1.82) is 0 Å². The molecule has 3 rings (SSSR count). The van der Waals surface area contributed by atoms with Gasteiger partial charge >= 0.3 is 0 Å². The normalized spacial score (nSPS) is 23.8. The van der Waals surface area contributed by atoms with Crippen LogP contribution in [0.15, 0.2) is 66.2 Å². The number of rotatable bonds is 3. The Bertz CT molecular complexity index is 762. The molecule has 1 aliphatic carbocycles. The molecule has 0 amide bonds. The van der Waals surface area contributed by atoms with Gasteiger partial charge in [-0.25, -0.2) is 8.42 Å². The van der Waals surface area contributed by atoms with Crippen LogP contribution >= 0.6 is 0 Å². The summed E-state index contributed by atoms with van der Waals surface area (Å²) in [5, 5.41) is -0.315. The first-order chi connectivity index (χ1) is 10.5. The predicted molar refractivity (Wildman–Crippen MR) is 91.5 cm³/mol. The zero-order chi connectivity index (χ0) is 15.6. The van der Waals surface area contributed by atoms with E-state index in [-0.39, 0.29) is 11.2 Å². The number of benzene rings is 2. The summed E-state index contributed by atoms with van der Waals surface area (Å²) in [6.07, 6.45) is 4.95. The molecule has 1 aliphatic rings. The Labute approximate surface area is 132 Å². The van der Waals surface area contributed by atoms with E-state index in [1.807, 2.05) is 48.5 Å². The van der Waals surface area contributed by atoms with Crippen molar-refractivity contribution in [3.63, 3.8) is 0 Å². The Balaban J connectivity index is 1.94. The first-order valence-electron chi connectivity index (χ1n) is 7.52. The highest BCUT2D eigenvalue weighted by atomic mass is 32.2. The summed E-state index contributed by atoms with van der Waals surface area (Å²) in [6, 6.07) is 20.1. The number of sulfone groups is 1. The van der Waals surface area contributed by atoms with Crippen molar-refractivity contribution in [2.75, 3.05) is 6.26 Å². The quantitative estimate of drug-likeness (QED) is 0.856. The third kappa shape index (κ3) is 3.30. The van der Waals surface area contributed by atoms with Crippen LogP contribution in [-0.2, 0) is 9.84 Å². The van der Waals surface area contributed by atoms with Crippen LogP contribution in [0.1, 0.15) is 29.9 Å². The number of allylic oxidation sites excluding steroid dienone is 1. The minimum Gasteiger partial charge on any atom is -0.229 e. The maximum absolute atomic E-state index is 12.2. The SMILES string of the molecule is CS(=O)(=O)C1C/C(=C/c2ccccc2)CC1c1ccccc1. The van der Waals surface area contributed by atoms with Gasteiger partial charge in [0.1, 0.15) is 0 Å². The lowest BCUT2D eigenvalue weighted by Gasteiger charge is -2.17. The Morgan fingerprint density at radius 3 is 2.09 bits per heavy atom. The fourth-order valence-corrected chi connectivity index (χ4v) is 4.65. The lowest BCUT2D eigenvalue weighted by atomic mass is 9.97. The molecule has 0 heterocycles. The van der Waals surface area contributed by atoms with Gasteiger partial charge in [0.2, 0.25) is 0 Å². The van der Waals surface area contributed by atoms with Crippen LogP contribution < -0.4 is 0 Å². The fraction of sp³-hybridized carbons (Fsp3) is 0.263. The van der Waals surface area contributed by atoms with E-state index in [1.54, 1.807) is 0 Å². The molecule has 2 atom stereocenters. The molecule has 2 aromatic carbocycles. The van der Waals surface area contributed by atoms with Crippen molar-refractivity contribution in [1.82, 2.24) is 0 Å². The van der Waals surface area contributed by atoms with Gasteiger partial charge in [0.15, 0.2) is 9.84 Å². The van der Waals surface area contributed by atoms with Gasteiger partial charge in [0.25, 0.3) is 0 Å². The van der Waals surface area contributed by atoms with E-state index in [0.29, 0.717) is 6.42 Å².